The van der Waals surface area contributed by atoms with Gasteiger partial charge >= 0.3 is 6.09 Å². The van der Waals surface area contributed by atoms with Crippen molar-refractivity contribution in [1.29, 1.82) is 0 Å². The lowest BCUT2D eigenvalue weighted by atomic mass is 10.3. The second-order valence-corrected chi connectivity index (χ2v) is 5.08. The third-order valence-electron chi connectivity index (χ3n) is 2.68. The molecule has 1 aromatic heterocycles. The van der Waals surface area contributed by atoms with Gasteiger partial charge in [-0.2, -0.15) is 0 Å². The molecule has 2 rings (SSSR count). The third kappa shape index (κ3) is 5.54. The Morgan fingerprint density at radius 2 is 2.04 bits per heavy atom. The van der Waals surface area contributed by atoms with Crippen molar-refractivity contribution in [3.63, 3.8) is 0 Å². The van der Waals surface area contributed by atoms with Gasteiger partial charge in [-0.1, -0.05) is 0 Å². The van der Waals surface area contributed by atoms with Crippen molar-refractivity contribution in [3.8, 4) is 11.5 Å². The molecule has 124 valence electrons. The number of nitrogens with one attached hydrogen (secondary N) is 1. The number of anilines is 2. The summed E-state index contributed by atoms with van der Waals surface area (Å²) in [5.41, 5.74) is 6.56. The van der Waals surface area contributed by atoms with Crippen LogP contribution in [0.25, 0.3) is 0 Å². The Morgan fingerprint density at radius 3 is 2.74 bits per heavy atom. The summed E-state index contributed by atoms with van der Waals surface area (Å²) in [5.74, 6) is 1.57. The van der Waals surface area contributed by atoms with Gasteiger partial charge in [-0.15, -0.1) is 24.2 Å². The van der Waals surface area contributed by atoms with Crippen LogP contribution < -0.4 is 15.8 Å². The third-order valence-corrected chi connectivity index (χ3v) is 3.47. The molecule has 3 N–H and O–H groups in total. The summed E-state index contributed by atoms with van der Waals surface area (Å²) < 4.78 is 10.6. The van der Waals surface area contributed by atoms with Crippen LogP contribution in [0, 0.1) is 0 Å². The predicted molar refractivity (Wildman–Crippen MR) is 94.8 cm³/mol. The molecule has 0 fully saturated rings. The van der Waals surface area contributed by atoms with E-state index in [0.717, 1.165) is 4.90 Å². The summed E-state index contributed by atoms with van der Waals surface area (Å²) in [4.78, 5) is 16.3. The monoisotopic (exact) mass is 355 g/mol. The lowest BCUT2D eigenvalue weighted by Crippen LogP contribution is -2.14. The summed E-state index contributed by atoms with van der Waals surface area (Å²) >= 11 is 1.55. The molecule has 0 atom stereocenters. The number of aromatic nitrogens is 1. The van der Waals surface area contributed by atoms with Crippen LogP contribution in [-0.2, 0) is 4.74 Å². The van der Waals surface area contributed by atoms with E-state index in [0.29, 0.717) is 29.6 Å². The molecule has 6 nitrogen and oxygen atoms in total. The number of rotatable bonds is 5. The van der Waals surface area contributed by atoms with Crippen LogP contribution in [0.15, 0.2) is 41.4 Å². The second-order valence-electron chi connectivity index (χ2n) is 4.23. The number of hydrogen-bond donors (Lipinski definition) is 2. The Balaban J connectivity index is 0.00000264. The molecule has 0 radical (unpaired) electrons. The highest BCUT2D eigenvalue weighted by Crippen LogP contribution is 2.30. The summed E-state index contributed by atoms with van der Waals surface area (Å²) in [5, 5.41) is 2.52. The van der Waals surface area contributed by atoms with Gasteiger partial charge in [-0.05, 0) is 37.4 Å². The van der Waals surface area contributed by atoms with E-state index in [1.807, 2.05) is 12.3 Å². The minimum Gasteiger partial charge on any atom is -0.457 e. The van der Waals surface area contributed by atoms with Crippen molar-refractivity contribution < 1.29 is 14.3 Å². The van der Waals surface area contributed by atoms with E-state index in [9.17, 15) is 4.79 Å². The molecular weight excluding hydrogens is 338 g/mol. The van der Waals surface area contributed by atoms with Crippen LogP contribution in [0.1, 0.15) is 6.92 Å². The number of nitrogens with zero attached hydrogens (tertiary/aromatic N) is 1. The van der Waals surface area contributed by atoms with Crippen molar-refractivity contribution >= 4 is 41.8 Å². The Labute approximate surface area is 145 Å². The molecule has 0 saturated heterocycles. The number of carbonyl (C=O) groups is 1. The minimum absolute atomic E-state index is 0. The Morgan fingerprint density at radius 1 is 1.30 bits per heavy atom. The zero-order valence-corrected chi connectivity index (χ0v) is 14.4. The highest BCUT2D eigenvalue weighted by atomic mass is 35.5. The molecule has 0 aliphatic carbocycles. The minimum atomic E-state index is -0.552. The molecule has 0 spiro atoms. The van der Waals surface area contributed by atoms with Gasteiger partial charge in [-0.25, -0.2) is 9.78 Å². The maximum Gasteiger partial charge on any atom is 0.412 e. The van der Waals surface area contributed by atoms with Crippen LogP contribution >= 0.6 is 24.2 Å². The average molecular weight is 356 g/mol. The summed E-state index contributed by atoms with van der Waals surface area (Å²) in [6, 6.07) is 8.75. The quantitative estimate of drug-likeness (QED) is 0.618. The van der Waals surface area contributed by atoms with E-state index in [4.69, 9.17) is 15.2 Å². The van der Waals surface area contributed by atoms with E-state index < -0.39 is 6.09 Å². The number of nitrogen functional groups attached to an aromatic ring is 1. The van der Waals surface area contributed by atoms with Crippen molar-refractivity contribution in [2.24, 2.45) is 0 Å². The first-order chi connectivity index (χ1) is 10.6. The van der Waals surface area contributed by atoms with Crippen LogP contribution in [0.5, 0.6) is 11.5 Å². The number of amides is 1. The van der Waals surface area contributed by atoms with Gasteiger partial charge in [0.15, 0.2) is 0 Å². The molecule has 0 aliphatic heterocycles. The van der Waals surface area contributed by atoms with Gasteiger partial charge in [0.2, 0.25) is 0 Å². The van der Waals surface area contributed by atoms with Crippen molar-refractivity contribution in [2.75, 3.05) is 23.9 Å². The normalized spacial score (nSPS) is 9.65. The first-order valence-corrected chi connectivity index (χ1v) is 7.86. The summed E-state index contributed by atoms with van der Waals surface area (Å²) in [6.07, 6.45) is 2.94. The van der Waals surface area contributed by atoms with Crippen LogP contribution in [-0.4, -0.2) is 23.9 Å². The Kier molecular flexibility index (Phi) is 7.50. The highest BCUT2D eigenvalue weighted by Gasteiger charge is 2.06. The fraction of sp³-hybridized carbons (Fsp3) is 0.200. The van der Waals surface area contributed by atoms with Crippen LogP contribution in [0.4, 0.5) is 16.3 Å². The van der Waals surface area contributed by atoms with Gasteiger partial charge < -0.3 is 15.2 Å². The molecule has 1 aromatic carbocycles. The molecule has 1 heterocycles. The number of benzene rings is 1. The smallest absolute Gasteiger partial charge is 0.412 e. The Hall–Kier alpha value is -2.12. The van der Waals surface area contributed by atoms with Gasteiger partial charge in [0.25, 0.3) is 0 Å². The lowest BCUT2D eigenvalue weighted by Gasteiger charge is -2.10. The summed E-state index contributed by atoms with van der Waals surface area (Å²) in [7, 11) is 0. The topological polar surface area (TPSA) is 86.5 Å². The van der Waals surface area contributed by atoms with E-state index in [1.165, 1.54) is 0 Å². The maximum atomic E-state index is 11.4. The molecule has 2 aromatic rings. The van der Waals surface area contributed by atoms with E-state index in [1.54, 1.807) is 49.1 Å². The SMILES string of the molecule is CCOC(=O)Nc1cc(Oc2ccc(N)c(SC)c2)ccn1.Cl. The summed E-state index contributed by atoms with van der Waals surface area (Å²) in [6.45, 7) is 2.03. The van der Waals surface area contributed by atoms with E-state index in [2.05, 4.69) is 10.3 Å². The molecule has 0 saturated carbocycles. The molecule has 1 amide bonds. The largest absolute Gasteiger partial charge is 0.457 e. The molecular formula is C15H18ClN3O3S. The van der Waals surface area contributed by atoms with Gasteiger partial charge in [-0.3, -0.25) is 5.32 Å². The van der Waals surface area contributed by atoms with Gasteiger partial charge in [0, 0.05) is 22.8 Å². The molecule has 0 unspecified atom stereocenters. The average Bonchev–Trinajstić information content (AvgIpc) is 2.50. The zero-order chi connectivity index (χ0) is 15.9. The number of ether oxygens (including phenoxy) is 2. The van der Waals surface area contributed by atoms with Crippen molar-refractivity contribution in [1.82, 2.24) is 4.98 Å². The van der Waals surface area contributed by atoms with E-state index >= 15 is 0 Å². The first kappa shape index (κ1) is 18.9. The van der Waals surface area contributed by atoms with Gasteiger partial charge in [0.1, 0.15) is 17.3 Å². The number of carbonyl (C=O) groups excluding carboxylic acids is 1. The van der Waals surface area contributed by atoms with Crippen molar-refractivity contribution in [3.05, 3.63) is 36.5 Å². The predicted octanol–water partition coefficient (Wildman–Crippen LogP) is 4.17. The standard InChI is InChI=1S/C15H17N3O3S.ClH/c1-3-20-15(19)18-14-9-11(6-7-17-14)21-10-4-5-12(16)13(8-10)22-2;/h4-9H,3,16H2,1-2H3,(H,17,18,19);1H. The first-order valence-electron chi connectivity index (χ1n) is 6.63. The van der Waals surface area contributed by atoms with Crippen LogP contribution in [0.3, 0.4) is 0 Å². The number of hydrogen-bond acceptors (Lipinski definition) is 6. The number of thioether (sulfide) groups is 1. The zero-order valence-electron chi connectivity index (χ0n) is 12.7. The molecule has 8 heteroatoms. The van der Waals surface area contributed by atoms with Gasteiger partial charge in [0.05, 0.1) is 6.61 Å². The Bertz CT molecular complexity index is 670. The molecule has 0 bridgehead atoms. The fourth-order valence-corrected chi connectivity index (χ4v) is 2.24. The number of pyridine rings is 1. The maximum absolute atomic E-state index is 11.4. The lowest BCUT2D eigenvalue weighted by molar-refractivity contribution is 0.168. The number of nitrogens with two attached hydrogens (primary N) is 1. The fourth-order valence-electron chi connectivity index (χ4n) is 1.71. The van der Waals surface area contributed by atoms with Crippen LogP contribution in [0.2, 0.25) is 0 Å². The molecule has 0 aliphatic rings. The second kappa shape index (κ2) is 9.12. The highest BCUT2D eigenvalue weighted by molar-refractivity contribution is 7.98. The van der Waals surface area contributed by atoms with Crippen molar-refractivity contribution in [2.45, 2.75) is 11.8 Å². The molecule has 23 heavy (non-hydrogen) atoms. The number of halogens is 1. The van der Waals surface area contributed by atoms with E-state index in [-0.39, 0.29) is 12.4 Å².